The summed E-state index contributed by atoms with van der Waals surface area (Å²) in [4.78, 5) is 14.7. The molecule has 2 saturated heterocycles. The fourth-order valence-electron chi connectivity index (χ4n) is 3.78. The Hall–Kier alpha value is -1.23. The van der Waals surface area contributed by atoms with Gasteiger partial charge in [-0.2, -0.15) is 0 Å². The van der Waals surface area contributed by atoms with Crippen LogP contribution >= 0.6 is 0 Å². The highest BCUT2D eigenvalue weighted by atomic mass is 16.7. The number of hydrogen-bond donors (Lipinski definition) is 0. The smallest absolute Gasteiger partial charge is 0.170 e. The lowest BCUT2D eigenvalue weighted by Gasteiger charge is -2.37. The Balaban J connectivity index is 1.32. The van der Waals surface area contributed by atoms with Crippen molar-refractivity contribution in [3.8, 4) is 0 Å². The fraction of sp³-hybridized carbons (Fsp3) is 0.632. The first-order valence-electron chi connectivity index (χ1n) is 8.88. The molecule has 2 aliphatic heterocycles. The summed E-state index contributed by atoms with van der Waals surface area (Å²) in [7, 11) is 0. The molecule has 4 nitrogen and oxygen atoms in total. The maximum Gasteiger partial charge on any atom is 0.170 e. The monoisotopic (exact) mass is 315 g/mol. The number of likely N-dealkylation sites (tertiary alicyclic amines) is 1. The molecule has 1 aromatic rings. The van der Waals surface area contributed by atoms with Gasteiger partial charge in [-0.05, 0) is 18.4 Å². The third-order valence-electron chi connectivity index (χ3n) is 5.55. The Morgan fingerprint density at radius 3 is 2.30 bits per heavy atom. The zero-order valence-electron chi connectivity index (χ0n) is 13.6. The highest BCUT2D eigenvalue weighted by Gasteiger charge is 2.39. The molecule has 1 saturated carbocycles. The van der Waals surface area contributed by atoms with Gasteiger partial charge >= 0.3 is 0 Å². The van der Waals surface area contributed by atoms with Gasteiger partial charge in [0.05, 0.1) is 13.2 Å². The number of rotatable bonds is 4. The maximum atomic E-state index is 12.2. The number of piperidine rings is 1. The van der Waals surface area contributed by atoms with Crippen LogP contribution in [0, 0.1) is 5.92 Å². The minimum absolute atomic E-state index is 0.283. The van der Waals surface area contributed by atoms with E-state index in [0.29, 0.717) is 5.78 Å². The lowest BCUT2D eigenvalue weighted by Crippen LogP contribution is -2.44. The summed E-state index contributed by atoms with van der Waals surface area (Å²) in [6.45, 7) is 4.41. The molecule has 0 aromatic heterocycles. The Morgan fingerprint density at radius 2 is 1.74 bits per heavy atom. The molecule has 0 N–H and O–H groups in total. The molecule has 0 unspecified atom stereocenters. The molecule has 124 valence electrons. The molecule has 3 fully saturated rings. The SMILES string of the molecule is O=C(c1ccc(CN2CCC3(CC2)OCCO3)cc1)C1CCC1. The topological polar surface area (TPSA) is 38.8 Å². The van der Waals surface area contributed by atoms with E-state index >= 15 is 0 Å². The zero-order chi connectivity index (χ0) is 15.7. The van der Waals surface area contributed by atoms with E-state index < -0.39 is 0 Å². The molecule has 0 atom stereocenters. The van der Waals surface area contributed by atoms with Gasteiger partial charge in [-0.3, -0.25) is 9.69 Å². The van der Waals surface area contributed by atoms with E-state index in [0.717, 1.165) is 64.1 Å². The van der Waals surface area contributed by atoms with Crippen LogP contribution in [0.15, 0.2) is 24.3 Å². The van der Waals surface area contributed by atoms with Gasteiger partial charge in [-0.1, -0.05) is 30.7 Å². The highest BCUT2D eigenvalue weighted by molar-refractivity contribution is 5.98. The minimum atomic E-state index is -0.296. The molecule has 3 aliphatic rings. The van der Waals surface area contributed by atoms with Crippen molar-refractivity contribution in [3.05, 3.63) is 35.4 Å². The van der Waals surface area contributed by atoms with Crippen LogP contribution < -0.4 is 0 Å². The van der Waals surface area contributed by atoms with Crippen LogP contribution in [0.2, 0.25) is 0 Å². The molecule has 2 heterocycles. The van der Waals surface area contributed by atoms with E-state index in [1.807, 2.05) is 12.1 Å². The quantitative estimate of drug-likeness (QED) is 0.801. The second-order valence-corrected chi connectivity index (χ2v) is 7.07. The summed E-state index contributed by atoms with van der Waals surface area (Å²) in [5, 5.41) is 0. The van der Waals surface area contributed by atoms with Crippen molar-refractivity contribution in [1.29, 1.82) is 0 Å². The molecule has 0 amide bonds. The van der Waals surface area contributed by atoms with Crippen molar-refractivity contribution in [3.63, 3.8) is 0 Å². The van der Waals surface area contributed by atoms with Crippen LogP contribution in [0.25, 0.3) is 0 Å². The lowest BCUT2D eigenvalue weighted by atomic mass is 9.80. The Morgan fingerprint density at radius 1 is 1.09 bits per heavy atom. The van der Waals surface area contributed by atoms with Gasteiger partial charge in [0.1, 0.15) is 0 Å². The van der Waals surface area contributed by atoms with Crippen LogP contribution in [-0.2, 0) is 16.0 Å². The highest BCUT2D eigenvalue weighted by Crippen LogP contribution is 2.32. The first kappa shape index (κ1) is 15.3. The van der Waals surface area contributed by atoms with Crippen molar-refractivity contribution < 1.29 is 14.3 Å². The summed E-state index contributed by atoms with van der Waals surface area (Å²) in [6, 6.07) is 8.23. The second kappa shape index (κ2) is 6.34. The number of carbonyl (C=O) groups is 1. The largest absolute Gasteiger partial charge is 0.347 e. The summed E-state index contributed by atoms with van der Waals surface area (Å²) in [6.07, 6.45) is 5.25. The van der Waals surface area contributed by atoms with Gasteiger partial charge in [0.2, 0.25) is 0 Å². The van der Waals surface area contributed by atoms with Crippen LogP contribution in [0.1, 0.15) is 48.0 Å². The van der Waals surface area contributed by atoms with E-state index in [1.165, 1.54) is 12.0 Å². The predicted octanol–water partition coefficient (Wildman–Crippen LogP) is 3.01. The fourth-order valence-corrected chi connectivity index (χ4v) is 3.78. The third-order valence-corrected chi connectivity index (χ3v) is 5.55. The number of benzene rings is 1. The van der Waals surface area contributed by atoms with Crippen molar-refractivity contribution in [1.82, 2.24) is 4.90 Å². The average Bonchev–Trinajstić information content (AvgIpc) is 2.97. The van der Waals surface area contributed by atoms with Crippen molar-refractivity contribution >= 4 is 5.78 Å². The van der Waals surface area contributed by atoms with Crippen LogP contribution in [0.3, 0.4) is 0 Å². The average molecular weight is 315 g/mol. The van der Waals surface area contributed by atoms with Gasteiger partial charge < -0.3 is 9.47 Å². The zero-order valence-corrected chi connectivity index (χ0v) is 13.6. The molecule has 4 rings (SSSR count). The number of nitrogens with zero attached hydrogens (tertiary/aromatic N) is 1. The molecule has 1 aliphatic carbocycles. The van der Waals surface area contributed by atoms with Crippen LogP contribution in [0.5, 0.6) is 0 Å². The van der Waals surface area contributed by atoms with Gasteiger partial charge in [-0.15, -0.1) is 0 Å². The lowest BCUT2D eigenvalue weighted by molar-refractivity contribution is -0.185. The van der Waals surface area contributed by atoms with E-state index in [4.69, 9.17) is 9.47 Å². The first-order chi connectivity index (χ1) is 11.2. The number of carbonyl (C=O) groups excluding carboxylic acids is 1. The predicted molar refractivity (Wildman–Crippen MR) is 87.3 cm³/mol. The Bertz CT molecular complexity index is 548. The van der Waals surface area contributed by atoms with Crippen LogP contribution in [-0.4, -0.2) is 42.8 Å². The summed E-state index contributed by atoms with van der Waals surface area (Å²) in [5.74, 6) is 0.319. The molecular weight excluding hydrogens is 290 g/mol. The Kier molecular flexibility index (Phi) is 4.22. The van der Waals surface area contributed by atoms with Gasteiger partial charge in [0, 0.05) is 44.0 Å². The van der Waals surface area contributed by atoms with E-state index in [1.54, 1.807) is 0 Å². The summed E-state index contributed by atoms with van der Waals surface area (Å²) >= 11 is 0. The van der Waals surface area contributed by atoms with E-state index in [2.05, 4.69) is 17.0 Å². The third kappa shape index (κ3) is 3.21. The molecule has 1 spiro atoms. The minimum Gasteiger partial charge on any atom is -0.347 e. The molecule has 1 aromatic carbocycles. The van der Waals surface area contributed by atoms with E-state index in [9.17, 15) is 4.79 Å². The normalized spacial score (nSPS) is 24.7. The van der Waals surface area contributed by atoms with Crippen molar-refractivity contribution in [2.24, 2.45) is 5.92 Å². The van der Waals surface area contributed by atoms with Crippen LogP contribution in [0.4, 0.5) is 0 Å². The molecular formula is C19H25NO3. The second-order valence-electron chi connectivity index (χ2n) is 7.07. The number of hydrogen-bond acceptors (Lipinski definition) is 4. The van der Waals surface area contributed by atoms with E-state index in [-0.39, 0.29) is 11.7 Å². The molecule has 23 heavy (non-hydrogen) atoms. The molecule has 4 heteroatoms. The summed E-state index contributed by atoms with van der Waals surface area (Å²) < 4.78 is 11.5. The van der Waals surface area contributed by atoms with Crippen molar-refractivity contribution in [2.45, 2.75) is 44.4 Å². The standard InChI is InChI=1S/C19H25NO3/c21-18(16-2-1-3-16)17-6-4-15(5-7-17)14-20-10-8-19(9-11-20)22-12-13-23-19/h4-7,16H,1-3,8-14H2. The van der Waals surface area contributed by atoms with Gasteiger partial charge in [-0.25, -0.2) is 0 Å². The summed E-state index contributed by atoms with van der Waals surface area (Å²) in [5.41, 5.74) is 2.16. The van der Waals surface area contributed by atoms with Gasteiger partial charge in [0.15, 0.2) is 11.6 Å². The number of Topliss-reactive ketones (excluding diaryl/α,β-unsaturated/α-hetero) is 1. The Labute approximate surface area is 137 Å². The molecule has 0 radical (unpaired) electrons. The molecule has 0 bridgehead atoms. The number of ether oxygens (including phenoxy) is 2. The first-order valence-corrected chi connectivity index (χ1v) is 8.88. The number of ketones is 1. The van der Waals surface area contributed by atoms with Gasteiger partial charge in [0.25, 0.3) is 0 Å². The van der Waals surface area contributed by atoms with Crippen molar-refractivity contribution in [2.75, 3.05) is 26.3 Å². The maximum absolute atomic E-state index is 12.2.